The second-order valence-electron chi connectivity index (χ2n) is 5.46. The highest BCUT2D eigenvalue weighted by Gasteiger charge is 2.09. The number of carbonyl (C=O) groups is 1. The molecule has 0 saturated carbocycles. The molecule has 0 aliphatic rings. The van der Waals surface area contributed by atoms with Crippen molar-refractivity contribution in [3.05, 3.63) is 88.4 Å². The van der Waals surface area contributed by atoms with Crippen molar-refractivity contribution in [2.45, 2.75) is 6.54 Å². The van der Waals surface area contributed by atoms with Crippen LogP contribution >= 0.6 is 23.2 Å². The van der Waals surface area contributed by atoms with Crippen LogP contribution in [0, 0.1) is 0 Å². The van der Waals surface area contributed by atoms with Crippen LogP contribution in [0.15, 0.2) is 72.8 Å². The second-order valence-corrected chi connectivity index (χ2v) is 6.30. The third kappa shape index (κ3) is 4.53. The molecule has 25 heavy (non-hydrogen) atoms. The SMILES string of the molecule is O=C(NCc1ccc(Cl)cc1Cl)Nc1ccccc1-c1ccccc1. The molecule has 0 fully saturated rings. The molecule has 0 aliphatic carbocycles. The van der Waals surface area contributed by atoms with E-state index < -0.39 is 0 Å². The lowest BCUT2D eigenvalue weighted by Crippen LogP contribution is -2.28. The van der Waals surface area contributed by atoms with Crippen molar-refractivity contribution < 1.29 is 4.79 Å². The fraction of sp³-hybridized carbons (Fsp3) is 0.0500. The van der Waals surface area contributed by atoms with E-state index in [4.69, 9.17) is 23.2 Å². The van der Waals surface area contributed by atoms with Gasteiger partial charge in [0.15, 0.2) is 0 Å². The highest BCUT2D eigenvalue weighted by atomic mass is 35.5. The lowest BCUT2D eigenvalue weighted by Gasteiger charge is -2.13. The van der Waals surface area contributed by atoms with Gasteiger partial charge < -0.3 is 10.6 Å². The molecule has 0 heterocycles. The minimum atomic E-state index is -0.297. The zero-order valence-corrected chi connectivity index (χ0v) is 14.8. The second kappa shape index (κ2) is 8.06. The van der Waals surface area contributed by atoms with Crippen LogP contribution in [0.2, 0.25) is 10.0 Å². The van der Waals surface area contributed by atoms with Gasteiger partial charge in [0.25, 0.3) is 0 Å². The Balaban J connectivity index is 1.69. The lowest BCUT2D eigenvalue weighted by molar-refractivity contribution is 0.252. The topological polar surface area (TPSA) is 41.1 Å². The molecule has 0 radical (unpaired) electrons. The summed E-state index contributed by atoms with van der Waals surface area (Å²) in [5.74, 6) is 0. The number of benzene rings is 3. The first kappa shape index (κ1) is 17.3. The van der Waals surface area contributed by atoms with E-state index in [1.807, 2.05) is 54.6 Å². The van der Waals surface area contributed by atoms with Gasteiger partial charge in [-0.05, 0) is 29.3 Å². The molecule has 0 aromatic heterocycles. The predicted octanol–water partition coefficient (Wildman–Crippen LogP) is 5.98. The summed E-state index contributed by atoms with van der Waals surface area (Å²) in [5.41, 5.74) is 3.55. The lowest BCUT2D eigenvalue weighted by atomic mass is 10.0. The van der Waals surface area contributed by atoms with E-state index in [0.717, 1.165) is 22.4 Å². The number of nitrogens with one attached hydrogen (secondary N) is 2. The van der Waals surface area contributed by atoms with Crippen LogP contribution in [0.1, 0.15) is 5.56 Å². The van der Waals surface area contributed by atoms with E-state index >= 15 is 0 Å². The smallest absolute Gasteiger partial charge is 0.319 e. The zero-order chi connectivity index (χ0) is 17.6. The maximum atomic E-state index is 12.3. The van der Waals surface area contributed by atoms with E-state index in [9.17, 15) is 4.79 Å². The van der Waals surface area contributed by atoms with Crippen molar-refractivity contribution in [1.29, 1.82) is 0 Å². The van der Waals surface area contributed by atoms with Crippen LogP contribution < -0.4 is 10.6 Å². The number of hydrogen-bond donors (Lipinski definition) is 2. The molecule has 0 bridgehead atoms. The number of anilines is 1. The van der Waals surface area contributed by atoms with Crippen LogP contribution in [0.4, 0.5) is 10.5 Å². The van der Waals surface area contributed by atoms with Crippen LogP contribution in [0.25, 0.3) is 11.1 Å². The quantitative estimate of drug-likeness (QED) is 0.582. The Morgan fingerprint density at radius 2 is 1.60 bits per heavy atom. The van der Waals surface area contributed by atoms with Crippen molar-refractivity contribution >= 4 is 34.9 Å². The maximum Gasteiger partial charge on any atom is 0.319 e. The number of rotatable bonds is 4. The summed E-state index contributed by atoms with van der Waals surface area (Å²) in [4.78, 5) is 12.3. The fourth-order valence-corrected chi connectivity index (χ4v) is 2.94. The Morgan fingerprint density at radius 1 is 0.880 bits per heavy atom. The van der Waals surface area contributed by atoms with E-state index in [-0.39, 0.29) is 6.03 Å². The van der Waals surface area contributed by atoms with Gasteiger partial charge in [-0.2, -0.15) is 0 Å². The molecule has 0 saturated heterocycles. The molecule has 2 N–H and O–H groups in total. The van der Waals surface area contributed by atoms with Gasteiger partial charge >= 0.3 is 6.03 Å². The maximum absolute atomic E-state index is 12.3. The molecular formula is C20H16Cl2N2O. The largest absolute Gasteiger partial charge is 0.334 e. The van der Waals surface area contributed by atoms with E-state index in [1.165, 1.54) is 0 Å². The average molecular weight is 371 g/mol. The van der Waals surface area contributed by atoms with E-state index in [2.05, 4.69) is 10.6 Å². The summed E-state index contributed by atoms with van der Waals surface area (Å²) in [7, 11) is 0. The highest BCUT2D eigenvalue weighted by Crippen LogP contribution is 2.27. The minimum Gasteiger partial charge on any atom is -0.334 e. The predicted molar refractivity (Wildman–Crippen MR) is 104 cm³/mol. The van der Waals surface area contributed by atoms with Gasteiger partial charge in [0.1, 0.15) is 0 Å². The van der Waals surface area contributed by atoms with Crippen molar-refractivity contribution in [3.63, 3.8) is 0 Å². The van der Waals surface area contributed by atoms with Gasteiger partial charge in [-0.1, -0.05) is 77.8 Å². The van der Waals surface area contributed by atoms with Gasteiger partial charge in [0.2, 0.25) is 0 Å². The van der Waals surface area contributed by atoms with Crippen LogP contribution in [-0.2, 0) is 6.54 Å². The first-order valence-corrected chi connectivity index (χ1v) is 8.52. The Kier molecular flexibility index (Phi) is 5.59. The minimum absolute atomic E-state index is 0.297. The monoisotopic (exact) mass is 370 g/mol. The molecule has 0 atom stereocenters. The van der Waals surface area contributed by atoms with Gasteiger partial charge in [-0.25, -0.2) is 4.79 Å². The molecule has 0 aliphatic heterocycles. The Hall–Kier alpha value is -2.49. The number of amides is 2. The molecule has 3 aromatic carbocycles. The first-order valence-electron chi connectivity index (χ1n) is 7.77. The highest BCUT2D eigenvalue weighted by molar-refractivity contribution is 6.35. The van der Waals surface area contributed by atoms with Crippen LogP contribution in [0.3, 0.4) is 0 Å². The fourth-order valence-electron chi connectivity index (χ4n) is 2.47. The summed E-state index contributed by atoms with van der Waals surface area (Å²) >= 11 is 12.0. The summed E-state index contributed by atoms with van der Waals surface area (Å²) in [6.45, 7) is 0.315. The van der Waals surface area contributed by atoms with Gasteiger partial charge in [-0.3, -0.25) is 0 Å². The van der Waals surface area contributed by atoms with Crippen molar-refractivity contribution in [2.75, 3.05) is 5.32 Å². The molecule has 3 rings (SSSR count). The number of urea groups is 1. The summed E-state index contributed by atoms with van der Waals surface area (Å²) in [5, 5.41) is 6.79. The molecule has 126 valence electrons. The number of hydrogen-bond acceptors (Lipinski definition) is 1. The van der Waals surface area contributed by atoms with Crippen LogP contribution in [0.5, 0.6) is 0 Å². The summed E-state index contributed by atoms with van der Waals surface area (Å²) in [6, 6.07) is 22.5. The molecular weight excluding hydrogens is 355 g/mol. The van der Waals surface area contributed by atoms with Gasteiger partial charge in [-0.15, -0.1) is 0 Å². The third-order valence-corrected chi connectivity index (χ3v) is 4.30. The third-order valence-electron chi connectivity index (χ3n) is 3.71. The Bertz CT molecular complexity index is 882. The van der Waals surface area contributed by atoms with E-state index in [0.29, 0.717) is 16.6 Å². The van der Waals surface area contributed by atoms with Crippen molar-refractivity contribution in [1.82, 2.24) is 5.32 Å². The Morgan fingerprint density at radius 3 is 2.36 bits per heavy atom. The molecule has 5 heteroatoms. The average Bonchev–Trinajstić information content (AvgIpc) is 2.62. The van der Waals surface area contributed by atoms with Gasteiger partial charge in [0.05, 0.1) is 5.69 Å². The van der Waals surface area contributed by atoms with Crippen molar-refractivity contribution in [2.24, 2.45) is 0 Å². The standard InChI is InChI=1S/C20H16Cl2N2O/c21-16-11-10-15(18(22)12-16)13-23-20(25)24-19-9-5-4-8-17(19)14-6-2-1-3-7-14/h1-12H,13H2,(H2,23,24,25). The van der Waals surface area contributed by atoms with Gasteiger partial charge in [0, 0.05) is 22.2 Å². The summed E-state index contributed by atoms with van der Waals surface area (Å²) < 4.78 is 0. The van der Waals surface area contributed by atoms with Crippen LogP contribution in [-0.4, -0.2) is 6.03 Å². The molecule has 2 amide bonds. The molecule has 3 nitrogen and oxygen atoms in total. The zero-order valence-electron chi connectivity index (χ0n) is 13.3. The number of para-hydroxylation sites is 1. The molecule has 0 unspecified atom stereocenters. The first-order chi connectivity index (χ1) is 12.1. The molecule has 3 aromatic rings. The number of carbonyl (C=O) groups excluding carboxylic acids is 1. The van der Waals surface area contributed by atoms with E-state index in [1.54, 1.807) is 18.2 Å². The Labute approximate surface area is 156 Å². The number of halogens is 2. The summed E-state index contributed by atoms with van der Waals surface area (Å²) in [6.07, 6.45) is 0. The normalized spacial score (nSPS) is 10.3. The molecule has 0 spiro atoms. The van der Waals surface area contributed by atoms with Crippen molar-refractivity contribution in [3.8, 4) is 11.1 Å².